The largest absolute Gasteiger partial charge is 0.354 e. The summed E-state index contributed by atoms with van der Waals surface area (Å²) in [5.41, 5.74) is 3.03. The lowest BCUT2D eigenvalue weighted by Crippen LogP contribution is -2.51. The normalized spacial score (nSPS) is 12.3. The molecule has 0 aliphatic heterocycles. The number of anilines is 1. The van der Waals surface area contributed by atoms with Crippen molar-refractivity contribution in [2.45, 2.75) is 47.2 Å². The van der Waals surface area contributed by atoms with Crippen LogP contribution in [0, 0.1) is 19.8 Å². The van der Waals surface area contributed by atoms with Gasteiger partial charge in [0.15, 0.2) is 0 Å². The SMILES string of the molecule is Cc1cccc(N(CC(=O)N(Cc2ccccc2)[C@@H](C)C(=O)NCC(C)C)S(C)(=O)=O)c1C. The fourth-order valence-corrected chi connectivity index (χ4v) is 4.32. The quantitative estimate of drug-likeness (QED) is 0.574. The van der Waals surface area contributed by atoms with E-state index in [0.29, 0.717) is 12.2 Å². The van der Waals surface area contributed by atoms with Gasteiger partial charge < -0.3 is 10.2 Å². The monoisotopic (exact) mass is 473 g/mol. The van der Waals surface area contributed by atoms with Crippen LogP contribution >= 0.6 is 0 Å². The van der Waals surface area contributed by atoms with Crippen molar-refractivity contribution in [3.63, 3.8) is 0 Å². The van der Waals surface area contributed by atoms with Crippen LogP contribution in [0.15, 0.2) is 48.5 Å². The molecule has 0 spiro atoms. The van der Waals surface area contributed by atoms with E-state index >= 15 is 0 Å². The van der Waals surface area contributed by atoms with E-state index in [1.807, 2.05) is 64.1 Å². The highest BCUT2D eigenvalue weighted by Crippen LogP contribution is 2.25. The Balaban J connectivity index is 2.38. The van der Waals surface area contributed by atoms with Crippen LogP contribution in [0.5, 0.6) is 0 Å². The van der Waals surface area contributed by atoms with Gasteiger partial charge in [-0.15, -0.1) is 0 Å². The first-order valence-corrected chi connectivity index (χ1v) is 12.9. The summed E-state index contributed by atoms with van der Waals surface area (Å²) in [6.07, 6.45) is 1.09. The summed E-state index contributed by atoms with van der Waals surface area (Å²) in [5.74, 6) is -0.451. The molecule has 0 aromatic heterocycles. The van der Waals surface area contributed by atoms with E-state index in [1.165, 1.54) is 4.90 Å². The molecule has 2 rings (SSSR count). The second-order valence-corrected chi connectivity index (χ2v) is 10.7. The first-order chi connectivity index (χ1) is 15.4. The third kappa shape index (κ3) is 7.32. The fourth-order valence-electron chi connectivity index (χ4n) is 3.42. The summed E-state index contributed by atoms with van der Waals surface area (Å²) < 4.78 is 26.5. The predicted molar refractivity (Wildman–Crippen MR) is 132 cm³/mol. The predicted octanol–water partition coefficient (Wildman–Crippen LogP) is 3.26. The highest BCUT2D eigenvalue weighted by molar-refractivity contribution is 7.92. The molecule has 0 saturated carbocycles. The lowest BCUT2D eigenvalue weighted by molar-refractivity contribution is -0.139. The Morgan fingerprint density at radius 1 is 0.970 bits per heavy atom. The Kier molecular flexibility index (Phi) is 9.05. The van der Waals surface area contributed by atoms with Gasteiger partial charge in [0.2, 0.25) is 21.8 Å². The van der Waals surface area contributed by atoms with Gasteiger partial charge in [-0.05, 0) is 49.4 Å². The fraction of sp³-hybridized carbons (Fsp3) is 0.440. The van der Waals surface area contributed by atoms with Gasteiger partial charge in [-0.2, -0.15) is 0 Å². The molecule has 0 unspecified atom stereocenters. The molecule has 2 aromatic carbocycles. The van der Waals surface area contributed by atoms with Crippen molar-refractivity contribution in [2.75, 3.05) is 23.7 Å². The molecular formula is C25H35N3O4S. The number of sulfonamides is 1. The number of amides is 2. The van der Waals surface area contributed by atoms with E-state index in [1.54, 1.807) is 19.1 Å². The second kappa shape index (κ2) is 11.3. The Morgan fingerprint density at radius 3 is 2.18 bits per heavy atom. The van der Waals surface area contributed by atoms with Gasteiger partial charge in [-0.1, -0.05) is 56.3 Å². The van der Waals surface area contributed by atoms with Crippen molar-refractivity contribution >= 4 is 27.5 Å². The molecule has 7 nitrogen and oxygen atoms in total. The van der Waals surface area contributed by atoms with E-state index in [4.69, 9.17) is 0 Å². The Labute approximate surface area is 197 Å². The van der Waals surface area contributed by atoms with Gasteiger partial charge in [0, 0.05) is 13.1 Å². The maximum atomic E-state index is 13.5. The number of hydrogen-bond donors (Lipinski definition) is 1. The number of hydrogen-bond acceptors (Lipinski definition) is 4. The van der Waals surface area contributed by atoms with Crippen LogP contribution in [0.25, 0.3) is 0 Å². The van der Waals surface area contributed by atoms with Crippen LogP contribution in [-0.4, -0.2) is 50.5 Å². The van der Waals surface area contributed by atoms with E-state index < -0.39 is 28.5 Å². The van der Waals surface area contributed by atoms with Crippen molar-refractivity contribution in [2.24, 2.45) is 5.92 Å². The van der Waals surface area contributed by atoms with Crippen molar-refractivity contribution in [3.05, 3.63) is 65.2 Å². The molecule has 180 valence electrons. The summed E-state index contributed by atoms with van der Waals surface area (Å²) in [6.45, 7) is 9.67. The van der Waals surface area contributed by atoms with Gasteiger partial charge >= 0.3 is 0 Å². The summed E-state index contributed by atoms with van der Waals surface area (Å²) in [7, 11) is -3.74. The van der Waals surface area contributed by atoms with Crippen molar-refractivity contribution in [1.29, 1.82) is 0 Å². The minimum atomic E-state index is -3.74. The van der Waals surface area contributed by atoms with E-state index in [0.717, 1.165) is 27.3 Å². The molecule has 8 heteroatoms. The van der Waals surface area contributed by atoms with Crippen molar-refractivity contribution in [3.8, 4) is 0 Å². The molecule has 0 aliphatic rings. The summed E-state index contributed by atoms with van der Waals surface area (Å²) >= 11 is 0. The van der Waals surface area contributed by atoms with Gasteiger partial charge in [0.25, 0.3) is 0 Å². The summed E-state index contributed by atoms with van der Waals surface area (Å²) in [4.78, 5) is 27.7. The van der Waals surface area contributed by atoms with Crippen LogP contribution in [0.1, 0.15) is 37.5 Å². The molecule has 0 fully saturated rings. The molecular weight excluding hydrogens is 438 g/mol. The molecule has 0 radical (unpaired) electrons. The number of carbonyl (C=O) groups excluding carboxylic acids is 2. The third-order valence-corrected chi connectivity index (χ3v) is 6.70. The maximum Gasteiger partial charge on any atom is 0.244 e. The van der Waals surface area contributed by atoms with Crippen LogP contribution in [0.4, 0.5) is 5.69 Å². The number of nitrogens with zero attached hydrogens (tertiary/aromatic N) is 2. The molecule has 33 heavy (non-hydrogen) atoms. The smallest absolute Gasteiger partial charge is 0.244 e. The lowest BCUT2D eigenvalue weighted by Gasteiger charge is -2.32. The second-order valence-electron chi connectivity index (χ2n) is 8.81. The Bertz CT molecular complexity index is 1070. The van der Waals surface area contributed by atoms with E-state index in [-0.39, 0.29) is 18.4 Å². The van der Waals surface area contributed by atoms with Crippen molar-refractivity contribution in [1.82, 2.24) is 10.2 Å². The first kappa shape index (κ1) is 26.4. The molecule has 2 aromatic rings. The van der Waals surface area contributed by atoms with Gasteiger partial charge in [-0.3, -0.25) is 13.9 Å². The highest BCUT2D eigenvalue weighted by Gasteiger charge is 2.30. The molecule has 0 saturated heterocycles. The topological polar surface area (TPSA) is 86.8 Å². The van der Waals surface area contributed by atoms with E-state index in [2.05, 4.69) is 5.32 Å². The van der Waals surface area contributed by atoms with Crippen LogP contribution < -0.4 is 9.62 Å². The summed E-state index contributed by atoms with van der Waals surface area (Å²) in [5, 5.41) is 2.87. The molecule has 0 bridgehead atoms. The van der Waals surface area contributed by atoms with Crippen molar-refractivity contribution < 1.29 is 18.0 Å². The zero-order valence-corrected chi connectivity index (χ0v) is 21.1. The van der Waals surface area contributed by atoms with Crippen LogP contribution in [-0.2, 0) is 26.2 Å². The number of benzene rings is 2. The molecule has 2 amide bonds. The highest BCUT2D eigenvalue weighted by atomic mass is 32.2. The minimum absolute atomic E-state index is 0.195. The Morgan fingerprint density at radius 2 is 1.61 bits per heavy atom. The number of rotatable bonds is 10. The number of carbonyl (C=O) groups is 2. The third-order valence-electron chi connectivity index (χ3n) is 5.57. The zero-order chi connectivity index (χ0) is 24.8. The zero-order valence-electron chi connectivity index (χ0n) is 20.3. The average molecular weight is 474 g/mol. The summed E-state index contributed by atoms with van der Waals surface area (Å²) in [6, 6.07) is 13.9. The number of aryl methyl sites for hydroxylation is 1. The molecule has 1 atom stereocenters. The van der Waals surface area contributed by atoms with Gasteiger partial charge in [0.05, 0.1) is 11.9 Å². The standard InChI is InChI=1S/C25H35N3O4S/c1-18(2)15-26-25(30)21(5)27(16-22-12-8-7-9-13-22)24(29)17-28(33(6,31)32)23-14-10-11-19(3)20(23)4/h7-14,18,21H,15-17H2,1-6H3,(H,26,30)/t21-/m0/s1. The lowest BCUT2D eigenvalue weighted by atomic mass is 10.1. The first-order valence-electron chi connectivity index (χ1n) is 11.1. The molecule has 0 aliphatic carbocycles. The molecule has 0 heterocycles. The van der Waals surface area contributed by atoms with Crippen LogP contribution in [0.2, 0.25) is 0 Å². The molecule has 1 N–H and O–H groups in total. The Hall–Kier alpha value is -2.87. The van der Waals surface area contributed by atoms with E-state index in [9.17, 15) is 18.0 Å². The van der Waals surface area contributed by atoms with Gasteiger partial charge in [-0.25, -0.2) is 8.42 Å². The average Bonchev–Trinajstić information content (AvgIpc) is 2.75. The maximum absolute atomic E-state index is 13.5. The minimum Gasteiger partial charge on any atom is -0.354 e. The van der Waals surface area contributed by atoms with Crippen LogP contribution in [0.3, 0.4) is 0 Å². The van der Waals surface area contributed by atoms with Gasteiger partial charge in [0.1, 0.15) is 12.6 Å². The number of nitrogens with one attached hydrogen (secondary N) is 1.